The highest BCUT2D eigenvalue weighted by Crippen LogP contribution is 2.28. The summed E-state index contributed by atoms with van der Waals surface area (Å²) in [4.78, 5) is 28.5. The highest BCUT2D eigenvalue weighted by Gasteiger charge is 2.27. The number of piperidine rings is 1. The van der Waals surface area contributed by atoms with Gasteiger partial charge in [0.1, 0.15) is 5.69 Å². The van der Waals surface area contributed by atoms with Gasteiger partial charge in [0.2, 0.25) is 11.7 Å². The van der Waals surface area contributed by atoms with E-state index < -0.39 is 0 Å². The lowest BCUT2D eigenvalue weighted by molar-refractivity contribution is 0.0673. The second kappa shape index (κ2) is 7.71. The number of fused-ring (bicyclic) bond motifs is 1. The molecule has 8 heteroatoms. The number of hydrogen-bond donors (Lipinski definition) is 0. The number of hydrogen-bond acceptors (Lipinski definition) is 7. The van der Waals surface area contributed by atoms with E-state index in [4.69, 9.17) is 4.52 Å². The maximum atomic E-state index is 13.0. The van der Waals surface area contributed by atoms with Crippen LogP contribution in [0.1, 0.15) is 28.4 Å². The van der Waals surface area contributed by atoms with Crippen LogP contribution in [-0.2, 0) is 6.42 Å². The standard InChI is InChI=1S/C21H19N5O2S/c27-21(18-11-15-5-1-2-6-17(15)29-18)26-9-3-4-14(13-26)10-19-24-20(25-28-19)16-12-22-7-8-23-16/h1-2,5-8,11-12,14H,3-4,9-10,13H2/t14-/m1/s1. The molecule has 1 aromatic carbocycles. The summed E-state index contributed by atoms with van der Waals surface area (Å²) in [6, 6.07) is 10.1. The third kappa shape index (κ3) is 3.75. The summed E-state index contributed by atoms with van der Waals surface area (Å²) in [5, 5.41) is 5.13. The average molecular weight is 405 g/mol. The van der Waals surface area contributed by atoms with Gasteiger partial charge in [-0.3, -0.25) is 9.78 Å². The van der Waals surface area contributed by atoms with Gasteiger partial charge in [-0.1, -0.05) is 23.4 Å². The topological polar surface area (TPSA) is 85.0 Å². The fourth-order valence-electron chi connectivity index (χ4n) is 3.76. The van der Waals surface area contributed by atoms with Gasteiger partial charge in [0.25, 0.3) is 5.91 Å². The summed E-state index contributed by atoms with van der Waals surface area (Å²) in [6.07, 6.45) is 7.49. The fourth-order valence-corrected chi connectivity index (χ4v) is 4.79. The van der Waals surface area contributed by atoms with Crippen molar-refractivity contribution in [2.45, 2.75) is 19.3 Å². The first-order valence-corrected chi connectivity index (χ1v) is 10.4. The molecule has 0 saturated carbocycles. The molecule has 4 aromatic rings. The summed E-state index contributed by atoms with van der Waals surface area (Å²) < 4.78 is 6.56. The van der Waals surface area contributed by atoms with Crippen LogP contribution in [0.5, 0.6) is 0 Å². The molecule has 7 nitrogen and oxygen atoms in total. The van der Waals surface area contributed by atoms with Crippen molar-refractivity contribution in [2.75, 3.05) is 13.1 Å². The maximum absolute atomic E-state index is 13.0. The number of nitrogens with zero attached hydrogens (tertiary/aromatic N) is 5. The first kappa shape index (κ1) is 17.9. The lowest BCUT2D eigenvalue weighted by atomic mass is 9.94. The van der Waals surface area contributed by atoms with Crippen molar-refractivity contribution in [3.05, 3.63) is 59.7 Å². The summed E-state index contributed by atoms with van der Waals surface area (Å²) in [5.74, 6) is 1.44. The van der Waals surface area contributed by atoms with Crippen molar-refractivity contribution in [1.29, 1.82) is 0 Å². The summed E-state index contributed by atoms with van der Waals surface area (Å²) >= 11 is 1.56. The van der Waals surface area contributed by atoms with E-state index in [-0.39, 0.29) is 5.91 Å². The van der Waals surface area contributed by atoms with Gasteiger partial charge in [0.15, 0.2) is 0 Å². The zero-order valence-corrected chi connectivity index (χ0v) is 16.5. The van der Waals surface area contributed by atoms with Crippen LogP contribution < -0.4 is 0 Å². The number of carbonyl (C=O) groups is 1. The Labute approximate surface area is 171 Å². The lowest BCUT2D eigenvalue weighted by Crippen LogP contribution is -2.40. The Morgan fingerprint density at radius 1 is 1.28 bits per heavy atom. The fraction of sp³-hybridized carbons (Fsp3) is 0.286. The minimum atomic E-state index is 0.113. The maximum Gasteiger partial charge on any atom is 0.263 e. The van der Waals surface area contributed by atoms with E-state index in [9.17, 15) is 4.79 Å². The van der Waals surface area contributed by atoms with Crippen molar-refractivity contribution >= 4 is 27.3 Å². The van der Waals surface area contributed by atoms with E-state index >= 15 is 0 Å². The molecule has 1 aliphatic heterocycles. The zero-order chi connectivity index (χ0) is 19.6. The number of aromatic nitrogens is 4. The molecule has 5 rings (SSSR count). The van der Waals surface area contributed by atoms with Crippen LogP contribution in [0, 0.1) is 5.92 Å². The normalized spacial score (nSPS) is 17.0. The van der Waals surface area contributed by atoms with Gasteiger partial charge in [-0.25, -0.2) is 4.98 Å². The van der Waals surface area contributed by atoms with Crippen LogP contribution in [0.25, 0.3) is 21.6 Å². The monoisotopic (exact) mass is 405 g/mol. The Morgan fingerprint density at radius 3 is 3.07 bits per heavy atom. The Bertz CT molecular complexity index is 1110. The summed E-state index contributed by atoms with van der Waals surface area (Å²) in [7, 11) is 0. The first-order valence-electron chi connectivity index (χ1n) is 9.63. The number of likely N-dealkylation sites (tertiary alicyclic amines) is 1. The molecule has 0 radical (unpaired) electrons. The highest BCUT2D eigenvalue weighted by molar-refractivity contribution is 7.20. The largest absolute Gasteiger partial charge is 0.339 e. The molecule has 1 amide bonds. The molecule has 29 heavy (non-hydrogen) atoms. The van der Waals surface area contributed by atoms with Gasteiger partial charge >= 0.3 is 0 Å². The van der Waals surface area contributed by atoms with E-state index in [0.717, 1.165) is 34.3 Å². The van der Waals surface area contributed by atoms with Gasteiger partial charge < -0.3 is 9.42 Å². The Kier molecular flexibility index (Phi) is 4.77. The quantitative estimate of drug-likeness (QED) is 0.513. The SMILES string of the molecule is O=C(c1cc2ccccc2s1)N1CCC[C@H](Cc2nc(-c3cnccn3)no2)C1. The predicted octanol–water partition coefficient (Wildman–Crippen LogP) is 3.84. The molecule has 0 spiro atoms. The zero-order valence-electron chi connectivity index (χ0n) is 15.7. The van der Waals surface area contributed by atoms with Crippen LogP contribution in [0.4, 0.5) is 0 Å². The molecular formula is C21H19N5O2S. The third-order valence-corrected chi connectivity index (χ3v) is 6.27. The minimum absolute atomic E-state index is 0.113. The van der Waals surface area contributed by atoms with E-state index in [0.29, 0.717) is 36.3 Å². The molecular weight excluding hydrogens is 386 g/mol. The smallest absolute Gasteiger partial charge is 0.263 e. The Balaban J connectivity index is 1.27. The average Bonchev–Trinajstić information content (AvgIpc) is 3.41. The van der Waals surface area contributed by atoms with Crippen molar-refractivity contribution in [1.82, 2.24) is 25.0 Å². The van der Waals surface area contributed by atoms with Crippen LogP contribution in [0.2, 0.25) is 0 Å². The van der Waals surface area contributed by atoms with E-state index in [1.807, 2.05) is 29.2 Å². The first-order chi connectivity index (χ1) is 14.3. The third-order valence-electron chi connectivity index (χ3n) is 5.17. The molecule has 1 atom stereocenters. The van der Waals surface area contributed by atoms with E-state index in [2.05, 4.69) is 26.2 Å². The molecule has 1 aliphatic rings. The molecule has 4 heterocycles. The van der Waals surface area contributed by atoms with E-state index in [1.165, 1.54) is 0 Å². The molecule has 0 N–H and O–H groups in total. The second-order valence-electron chi connectivity index (χ2n) is 7.21. The number of rotatable bonds is 4. The van der Waals surface area contributed by atoms with Crippen LogP contribution in [0.15, 0.2) is 53.4 Å². The summed E-state index contributed by atoms with van der Waals surface area (Å²) in [5.41, 5.74) is 0.590. The number of benzene rings is 1. The van der Waals surface area contributed by atoms with Gasteiger partial charge in [-0.15, -0.1) is 11.3 Å². The molecule has 0 unspecified atom stereocenters. The second-order valence-corrected chi connectivity index (χ2v) is 8.30. The Hall–Kier alpha value is -3.13. The van der Waals surface area contributed by atoms with Crippen molar-refractivity contribution < 1.29 is 9.32 Å². The molecule has 146 valence electrons. The molecule has 3 aromatic heterocycles. The number of amides is 1. The van der Waals surface area contributed by atoms with Crippen molar-refractivity contribution in [3.8, 4) is 11.5 Å². The summed E-state index contributed by atoms with van der Waals surface area (Å²) in [6.45, 7) is 1.49. The lowest BCUT2D eigenvalue weighted by Gasteiger charge is -2.31. The highest BCUT2D eigenvalue weighted by atomic mass is 32.1. The number of carbonyl (C=O) groups excluding carboxylic acids is 1. The number of thiophene rings is 1. The Morgan fingerprint density at radius 2 is 2.21 bits per heavy atom. The predicted molar refractivity (Wildman–Crippen MR) is 109 cm³/mol. The minimum Gasteiger partial charge on any atom is -0.339 e. The molecule has 0 bridgehead atoms. The van der Waals surface area contributed by atoms with Crippen LogP contribution in [0.3, 0.4) is 0 Å². The van der Waals surface area contributed by atoms with Gasteiger partial charge in [0.05, 0.1) is 11.1 Å². The van der Waals surface area contributed by atoms with Crippen molar-refractivity contribution in [2.24, 2.45) is 5.92 Å². The molecule has 0 aliphatic carbocycles. The van der Waals surface area contributed by atoms with Crippen molar-refractivity contribution in [3.63, 3.8) is 0 Å². The van der Waals surface area contributed by atoms with Gasteiger partial charge in [-0.2, -0.15) is 4.98 Å². The molecule has 1 saturated heterocycles. The van der Waals surface area contributed by atoms with E-state index in [1.54, 1.807) is 29.9 Å². The molecule has 1 fully saturated rings. The van der Waals surface area contributed by atoms with Crippen LogP contribution in [-0.4, -0.2) is 44.0 Å². The van der Waals surface area contributed by atoms with Crippen LogP contribution >= 0.6 is 11.3 Å². The van der Waals surface area contributed by atoms with Gasteiger partial charge in [0, 0.05) is 36.6 Å². The van der Waals surface area contributed by atoms with Gasteiger partial charge in [-0.05, 0) is 36.3 Å².